The summed E-state index contributed by atoms with van der Waals surface area (Å²) >= 11 is 1.34. The van der Waals surface area contributed by atoms with Crippen LogP contribution in [-0.2, 0) is 11.3 Å². The number of thioether (sulfide) groups is 1. The summed E-state index contributed by atoms with van der Waals surface area (Å²) in [5.41, 5.74) is 3.91. The molecule has 3 heterocycles. The van der Waals surface area contributed by atoms with E-state index in [1.807, 2.05) is 12.1 Å². The maximum absolute atomic E-state index is 12.1. The maximum Gasteiger partial charge on any atom is 0.230 e. The molecular formula is C23H27N5O2S. The second kappa shape index (κ2) is 9.87. The lowest BCUT2D eigenvalue weighted by Crippen LogP contribution is -2.47. The number of nitrogens with zero attached hydrogens (tertiary/aromatic N) is 4. The van der Waals surface area contributed by atoms with Gasteiger partial charge < -0.3 is 19.5 Å². The van der Waals surface area contributed by atoms with Gasteiger partial charge in [-0.25, -0.2) is 9.97 Å². The number of aromatic nitrogens is 2. The molecule has 0 unspecified atom stereocenters. The zero-order valence-corrected chi connectivity index (χ0v) is 18.7. The molecule has 1 amide bonds. The zero-order chi connectivity index (χ0) is 21.6. The number of piperazine rings is 1. The number of anilines is 2. The summed E-state index contributed by atoms with van der Waals surface area (Å²) in [6, 6.07) is 12.2. The molecule has 0 atom stereocenters. The van der Waals surface area contributed by atoms with Crippen LogP contribution in [0.3, 0.4) is 0 Å². The van der Waals surface area contributed by atoms with E-state index in [0.717, 1.165) is 37.8 Å². The SMILES string of the molecule is Cc1ccc(C)c(N2CCN(c3ccnc(SCC(=O)NCc4ccco4)n3)CC2)c1. The second-order valence-corrected chi connectivity index (χ2v) is 8.55. The van der Waals surface area contributed by atoms with Crippen LogP contribution < -0.4 is 15.1 Å². The van der Waals surface area contributed by atoms with Crippen molar-refractivity contribution in [3.8, 4) is 0 Å². The molecule has 0 saturated carbocycles. The van der Waals surface area contributed by atoms with Crippen molar-refractivity contribution in [3.63, 3.8) is 0 Å². The van der Waals surface area contributed by atoms with Crippen molar-refractivity contribution >= 4 is 29.2 Å². The molecule has 0 aliphatic carbocycles. The van der Waals surface area contributed by atoms with Crippen molar-refractivity contribution < 1.29 is 9.21 Å². The summed E-state index contributed by atoms with van der Waals surface area (Å²) in [6.45, 7) is 8.39. The summed E-state index contributed by atoms with van der Waals surface area (Å²) in [4.78, 5) is 25.8. The molecule has 0 bridgehead atoms. The lowest BCUT2D eigenvalue weighted by atomic mass is 10.1. The van der Waals surface area contributed by atoms with Gasteiger partial charge in [-0.2, -0.15) is 0 Å². The van der Waals surface area contributed by atoms with Crippen molar-refractivity contribution in [3.05, 3.63) is 65.7 Å². The molecule has 8 heteroatoms. The highest BCUT2D eigenvalue weighted by molar-refractivity contribution is 7.99. The van der Waals surface area contributed by atoms with Gasteiger partial charge in [0.15, 0.2) is 5.16 Å². The molecule has 7 nitrogen and oxygen atoms in total. The Morgan fingerprint density at radius 2 is 1.94 bits per heavy atom. The third-order valence-corrected chi connectivity index (χ3v) is 6.16. The van der Waals surface area contributed by atoms with Gasteiger partial charge in [-0.1, -0.05) is 23.9 Å². The molecule has 1 aliphatic heterocycles. The summed E-state index contributed by atoms with van der Waals surface area (Å²) in [7, 11) is 0. The fraction of sp³-hybridized carbons (Fsp3) is 0.348. The van der Waals surface area contributed by atoms with Crippen LogP contribution in [0, 0.1) is 13.8 Å². The Morgan fingerprint density at radius 3 is 2.71 bits per heavy atom. The van der Waals surface area contributed by atoms with E-state index < -0.39 is 0 Å². The van der Waals surface area contributed by atoms with Crippen molar-refractivity contribution in [2.45, 2.75) is 25.5 Å². The average Bonchev–Trinajstić information content (AvgIpc) is 3.32. The molecule has 3 aromatic rings. The molecule has 1 fully saturated rings. The highest BCUT2D eigenvalue weighted by Crippen LogP contribution is 2.24. The minimum Gasteiger partial charge on any atom is -0.467 e. The number of benzene rings is 1. The lowest BCUT2D eigenvalue weighted by Gasteiger charge is -2.37. The minimum absolute atomic E-state index is 0.0717. The predicted octanol–water partition coefficient (Wildman–Crippen LogP) is 3.42. The Balaban J connectivity index is 1.29. The van der Waals surface area contributed by atoms with Crippen LogP contribution in [0.5, 0.6) is 0 Å². The Labute approximate surface area is 186 Å². The third kappa shape index (κ3) is 5.58. The Morgan fingerprint density at radius 1 is 1.13 bits per heavy atom. The Kier molecular flexibility index (Phi) is 6.76. The minimum atomic E-state index is -0.0717. The molecule has 162 valence electrons. The van der Waals surface area contributed by atoms with Crippen molar-refractivity contribution in [1.29, 1.82) is 0 Å². The molecule has 4 rings (SSSR count). The molecule has 1 N–H and O–H groups in total. The summed E-state index contributed by atoms with van der Waals surface area (Å²) in [5, 5.41) is 3.45. The average molecular weight is 438 g/mol. The standard InChI is InChI=1S/C23H27N5O2S/c1-17-5-6-18(2)20(14-17)27-9-11-28(12-10-27)21-7-8-24-23(26-21)31-16-22(29)25-15-19-4-3-13-30-19/h3-8,13-14H,9-12,15-16H2,1-2H3,(H,25,29). The number of aryl methyl sites for hydroxylation is 2. The number of nitrogens with one attached hydrogen (secondary N) is 1. The molecule has 2 aromatic heterocycles. The molecule has 1 saturated heterocycles. The van der Waals surface area contributed by atoms with Crippen LogP contribution in [0.15, 0.2) is 58.4 Å². The first-order valence-corrected chi connectivity index (χ1v) is 11.4. The predicted molar refractivity (Wildman–Crippen MR) is 124 cm³/mol. The van der Waals surface area contributed by atoms with E-state index in [0.29, 0.717) is 11.7 Å². The molecule has 1 aromatic carbocycles. The highest BCUT2D eigenvalue weighted by Gasteiger charge is 2.20. The van der Waals surface area contributed by atoms with Crippen LogP contribution >= 0.6 is 11.8 Å². The van der Waals surface area contributed by atoms with Gasteiger partial charge in [0, 0.05) is 38.1 Å². The molecule has 1 aliphatic rings. The lowest BCUT2D eigenvalue weighted by molar-refractivity contribution is -0.118. The van der Waals surface area contributed by atoms with Gasteiger partial charge in [0.2, 0.25) is 5.91 Å². The van der Waals surface area contributed by atoms with Gasteiger partial charge in [-0.05, 0) is 49.2 Å². The largest absolute Gasteiger partial charge is 0.467 e. The highest BCUT2D eigenvalue weighted by atomic mass is 32.2. The normalized spacial score (nSPS) is 14.0. The summed E-state index contributed by atoms with van der Waals surface area (Å²) in [5.74, 6) is 1.84. The molecular weight excluding hydrogens is 410 g/mol. The topological polar surface area (TPSA) is 74.5 Å². The first-order valence-electron chi connectivity index (χ1n) is 10.4. The fourth-order valence-corrected chi connectivity index (χ4v) is 4.25. The van der Waals surface area contributed by atoms with Gasteiger partial charge in [-0.15, -0.1) is 0 Å². The summed E-state index contributed by atoms with van der Waals surface area (Å²) in [6.07, 6.45) is 3.36. The molecule has 0 spiro atoms. The molecule has 31 heavy (non-hydrogen) atoms. The van der Waals surface area contributed by atoms with Crippen molar-refractivity contribution in [2.75, 3.05) is 41.7 Å². The van der Waals surface area contributed by atoms with Gasteiger partial charge in [0.1, 0.15) is 11.6 Å². The Bertz CT molecular complexity index is 1020. The zero-order valence-electron chi connectivity index (χ0n) is 17.9. The van der Waals surface area contributed by atoms with Crippen LogP contribution in [0.4, 0.5) is 11.5 Å². The number of furan rings is 1. The smallest absolute Gasteiger partial charge is 0.230 e. The maximum atomic E-state index is 12.1. The van der Waals surface area contributed by atoms with Gasteiger partial charge in [0.05, 0.1) is 18.6 Å². The summed E-state index contributed by atoms with van der Waals surface area (Å²) < 4.78 is 5.22. The number of carbonyl (C=O) groups excluding carboxylic acids is 1. The van der Waals surface area contributed by atoms with E-state index in [4.69, 9.17) is 4.42 Å². The fourth-order valence-electron chi connectivity index (χ4n) is 3.59. The van der Waals surface area contributed by atoms with Crippen LogP contribution in [0.2, 0.25) is 0 Å². The number of hydrogen-bond acceptors (Lipinski definition) is 7. The van der Waals surface area contributed by atoms with Crippen molar-refractivity contribution in [2.24, 2.45) is 0 Å². The number of amides is 1. The monoisotopic (exact) mass is 437 g/mol. The third-order valence-electron chi connectivity index (χ3n) is 5.30. The first kappa shape index (κ1) is 21.2. The second-order valence-electron chi connectivity index (χ2n) is 7.61. The van der Waals surface area contributed by atoms with E-state index in [2.05, 4.69) is 57.1 Å². The first-order chi connectivity index (χ1) is 15.1. The van der Waals surface area contributed by atoms with Crippen LogP contribution in [0.25, 0.3) is 0 Å². The van der Waals surface area contributed by atoms with E-state index in [9.17, 15) is 4.79 Å². The van der Waals surface area contributed by atoms with Gasteiger partial charge >= 0.3 is 0 Å². The Hall–Kier alpha value is -3.00. The van der Waals surface area contributed by atoms with E-state index >= 15 is 0 Å². The quantitative estimate of drug-likeness (QED) is 0.448. The van der Waals surface area contributed by atoms with Gasteiger partial charge in [0.25, 0.3) is 0 Å². The van der Waals surface area contributed by atoms with Crippen molar-refractivity contribution in [1.82, 2.24) is 15.3 Å². The van der Waals surface area contributed by atoms with E-state index in [-0.39, 0.29) is 11.7 Å². The van der Waals surface area contributed by atoms with Crippen LogP contribution in [0.1, 0.15) is 16.9 Å². The van der Waals surface area contributed by atoms with E-state index in [1.165, 1.54) is 28.6 Å². The molecule has 0 radical (unpaired) electrons. The van der Waals surface area contributed by atoms with E-state index in [1.54, 1.807) is 18.5 Å². The number of rotatable bonds is 7. The number of hydrogen-bond donors (Lipinski definition) is 1. The van der Waals surface area contributed by atoms with Crippen LogP contribution in [-0.4, -0.2) is 47.8 Å². The number of carbonyl (C=O) groups is 1. The van der Waals surface area contributed by atoms with Gasteiger partial charge in [-0.3, -0.25) is 4.79 Å².